The molecule has 1 atom stereocenters. The van der Waals surface area contributed by atoms with E-state index in [4.69, 9.17) is 5.11 Å². The molecule has 0 aliphatic carbocycles. The maximum absolute atomic E-state index is 10.2. The van der Waals surface area contributed by atoms with E-state index in [-0.39, 0.29) is 5.78 Å². The van der Waals surface area contributed by atoms with Crippen LogP contribution in [-0.4, -0.2) is 16.9 Å². The molecule has 47 valence electrons. The van der Waals surface area contributed by atoms with Gasteiger partial charge >= 0.3 is 56.2 Å². The molecule has 0 aromatic heterocycles. The molecule has 0 spiro atoms. The van der Waals surface area contributed by atoms with Crippen LogP contribution in [0.1, 0.15) is 6.92 Å². The summed E-state index contributed by atoms with van der Waals surface area (Å²) >= 11 is 1.85. The van der Waals surface area contributed by atoms with Crippen LogP contribution in [0, 0.1) is 0 Å². The first kappa shape index (κ1) is 7.76. The van der Waals surface area contributed by atoms with Gasteiger partial charge in [-0.25, -0.2) is 0 Å². The molecule has 0 saturated carbocycles. The summed E-state index contributed by atoms with van der Waals surface area (Å²) in [7, 11) is 0. The summed E-state index contributed by atoms with van der Waals surface area (Å²) in [5.74, 6) is -1.43. The van der Waals surface area contributed by atoms with E-state index in [1.54, 1.807) is 0 Å². The molecule has 1 unspecified atom stereocenters. The van der Waals surface area contributed by atoms with E-state index in [1.807, 2.05) is 18.3 Å². The maximum atomic E-state index is 10.2. The third kappa shape index (κ3) is 2.17. The molecule has 0 aliphatic rings. The van der Waals surface area contributed by atoms with E-state index in [1.165, 1.54) is 6.92 Å². The number of hydrogen-bond donors (Lipinski definition) is 1. The summed E-state index contributed by atoms with van der Waals surface area (Å²) in [6, 6.07) is 0. The zero-order valence-electron chi connectivity index (χ0n) is 4.19. The summed E-state index contributed by atoms with van der Waals surface area (Å²) in [6.07, 6.45) is 0. The van der Waals surface area contributed by atoms with Gasteiger partial charge in [0.1, 0.15) is 0 Å². The van der Waals surface area contributed by atoms with Crippen LogP contribution < -0.4 is 0 Å². The van der Waals surface area contributed by atoms with Gasteiger partial charge in [-0.1, -0.05) is 0 Å². The number of aliphatic carboxylic acids is 1. The van der Waals surface area contributed by atoms with Crippen molar-refractivity contribution in [2.45, 2.75) is 11.4 Å². The van der Waals surface area contributed by atoms with E-state index in [0.29, 0.717) is 0 Å². The van der Waals surface area contributed by atoms with Crippen molar-refractivity contribution in [1.82, 2.24) is 0 Å². The van der Waals surface area contributed by atoms with Crippen LogP contribution in [0.2, 0.25) is 4.51 Å². The molecule has 0 aromatic rings. The van der Waals surface area contributed by atoms with E-state index < -0.39 is 10.5 Å². The molecule has 0 heterocycles. The Morgan fingerprint density at radius 1 is 1.62 bits per heavy atom. The Morgan fingerprint density at radius 2 is 2.00 bits per heavy atom. The Hall–Kier alpha value is -0.237. The van der Waals surface area contributed by atoms with E-state index >= 15 is 0 Å². The van der Waals surface area contributed by atoms with Crippen LogP contribution >= 0.6 is 0 Å². The Kier molecular flexibility index (Phi) is 2.84. The van der Waals surface area contributed by atoms with Gasteiger partial charge in [0.05, 0.1) is 0 Å². The zero-order valence-corrected chi connectivity index (χ0v) is 5.93. The van der Waals surface area contributed by atoms with Gasteiger partial charge in [-0.15, -0.1) is 0 Å². The number of carboxylic acids is 1. The molecule has 0 amide bonds. The van der Waals surface area contributed by atoms with Crippen molar-refractivity contribution in [3.8, 4) is 0 Å². The van der Waals surface area contributed by atoms with Crippen molar-refractivity contribution in [3.05, 3.63) is 0 Å². The average molecular weight is 202 g/mol. The van der Waals surface area contributed by atoms with Gasteiger partial charge in [-0.2, -0.15) is 0 Å². The Labute approximate surface area is 56.8 Å². The van der Waals surface area contributed by atoms with Crippen LogP contribution in [0.15, 0.2) is 0 Å². The van der Waals surface area contributed by atoms with Crippen LogP contribution in [-0.2, 0) is 27.9 Å². The molecule has 0 aromatic carbocycles. The Morgan fingerprint density at radius 3 is 2.00 bits per heavy atom. The molecule has 4 heteroatoms. The molecule has 1 N–H and O–H groups in total. The molecule has 3 nitrogen and oxygen atoms in total. The van der Waals surface area contributed by atoms with Gasteiger partial charge in [0.15, 0.2) is 0 Å². The molecule has 0 fully saturated rings. The van der Waals surface area contributed by atoms with Crippen LogP contribution in [0.3, 0.4) is 0 Å². The number of carbonyl (C=O) groups excluding carboxylic acids is 1. The van der Waals surface area contributed by atoms with Crippen molar-refractivity contribution in [3.63, 3.8) is 0 Å². The first-order valence-corrected chi connectivity index (χ1v) is 2.92. The number of ketones is 1. The molecule has 0 radical (unpaired) electrons. The SMILES string of the molecule is CC(=O)[CH]([Ru])C(=O)O. The van der Waals surface area contributed by atoms with Crippen molar-refractivity contribution >= 4 is 11.8 Å². The number of Topliss-reactive ketones (excluding diaryl/α,β-unsaturated/α-hetero) is 1. The quantitative estimate of drug-likeness (QED) is 0.506. The summed E-state index contributed by atoms with van der Waals surface area (Å²) in [5, 5.41) is 8.11. The minimum absolute atomic E-state index is 0.339. The molecule has 0 rings (SSSR count). The van der Waals surface area contributed by atoms with E-state index in [0.717, 1.165) is 0 Å². The molecule has 0 saturated heterocycles. The van der Waals surface area contributed by atoms with Crippen molar-refractivity contribution in [1.29, 1.82) is 0 Å². The normalized spacial score (nSPS) is 12.8. The first-order chi connectivity index (χ1) is 3.55. The third-order valence-corrected chi connectivity index (χ3v) is 1.69. The van der Waals surface area contributed by atoms with Gasteiger partial charge in [0.2, 0.25) is 0 Å². The number of hydrogen-bond acceptors (Lipinski definition) is 2. The van der Waals surface area contributed by atoms with Crippen molar-refractivity contribution < 1.29 is 33.0 Å². The standard InChI is InChI=1S/C4H5O3.Ru/c1-3(5)2-4(6)7;/h2H,1H3,(H,6,7);. The second-order valence-corrected chi connectivity index (χ2v) is 2.30. The topological polar surface area (TPSA) is 54.4 Å². The number of rotatable bonds is 2. The molecule has 0 aliphatic heterocycles. The number of carboxylic acid groups (broad SMARTS) is 1. The van der Waals surface area contributed by atoms with Gasteiger partial charge in [-0.3, -0.25) is 0 Å². The summed E-state index contributed by atoms with van der Waals surface area (Å²) in [6.45, 7) is 1.25. The van der Waals surface area contributed by atoms with Crippen LogP contribution in [0.4, 0.5) is 0 Å². The van der Waals surface area contributed by atoms with Crippen LogP contribution in [0.25, 0.3) is 0 Å². The minimum atomic E-state index is -1.09. The summed E-state index contributed by atoms with van der Waals surface area (Å²) in [5.41, 5.74) is 0. The van der Waals surface area contributed by atoms with Gasteiger partial charge in [0.25, 0.3) is 0 Å². The van der Waals surface area contributed by atoms with Gasteiger partial charge in [0, 0.05) is 0 Å². The zero-order chi connectivity index (χ0) is 6.73. The van der Waals surface area contributed by atoms with Gasteiger partial charge < -0.3 is 0 Å². The summed E-state index contributed by atoms with van der Waals surface area (Å²) < 4.78 is -0.922. The molecule has 0 bridgehead atoms. The van der Waals surface area contributed by atoms with Crippen molar-refractivity contribution in [2.24, 2.45) is 0 Å². The second kappa shape index (κ2) is 2.93. The summed E-state index contributed by atoms with van der Waals surface area (Å²) in [4.78, 5) is 20.1. The van der Waals surface area contributed by atoms with E-state index in [9.17, 15) is 9.59 Å². The van der Waals surface area contributed by atoms with Crippen LogP contribution in [0.5, 0.6) is 0 Å². The van der Waals surface area contributed by atoms with E-state index in [2.05, 4.69) is 0 Å². The van der Waals surface area contributed by atoms with Crippen molar-refractivity contribution in [2.75, 3.05) is 0 Å². The Balaban J connectivity index is 3.83. The molecular weight excluding hydrogens is 197 g/mol. The fraction of sp³-hybridized carbons (Fsp3) is 0.500. The monoisotopic (exact) mass is 203 g/mol. The molecular formula is C4H5O3Ru. The van der Waals surface area contributed by atoms with Gasteiger partial charge in [-0.05, 0) is 0 Å². The predicted octanol–water partition coefficient (Wildman–Crippen LogP) is -0.00470. The Bertz CT molecular complexity index is 106. The average Bonchev–Trinajstić information content (AvgIpc) is 1.64. The fourth-order valence-electron chi connectivity index (χ4n) is 0.174. The fourth-order valence-corrected chi connectivity index (χ4v) is 0.174. The predicted molar refractivity (Wildman–Crippen MR) is 22.1 cm³/mol. The third-order valence-electron chi connectivity index (χ3n) is 0.558. The first-order valence-electron chi connectivity index (χ1n) is 1.91. The second-order valence-electron chi connectivity index (χ2n) is 1.30. The molecule has 8 heavy (non-hydrogen) atoms. The number of carbonyl (C=O) groups is 2.